The van der Waals surface area contributed by atoms with Crippen LogP contribution in [0.25, 0.3) is 5.69 Å². The van der Waals surface area contributed by atoms with Crippen molar-refractivity contribution in [2.75, 3.05) is 5.32 Å². The van der Waals surface area contributed by atoms with Crippen LogP contribution in [0, 0.1) is 6.92 Å². The van der Waals surface area contributed by atoms with Crippen LogP contribution in [0.1, 0.15) is 11.1 Å². The van der Waals surface area contributed by atoms with Crippen LogP contribution >= 0.6 is 0 Å². The van der Waals surface area contributed by atoms with Gasteiger partial charge in [0.05, 0.1) is 15.5 Å². The number of carbonyl (C=O) groups is 1. The summed E-state index contributed by atoms with van der Waals surface area (Å²) in [6.45, 7) is 2.09. The second-order valence-electron chi connectivity index (χ2n) is 7.10. The molecule has 0 spiro atoms. The summed E-state index contributed by atoms with van der Waals surface area (Å²) in [5.41, 5.74) is 2.76. The highest BCUT2D eigenvalue weighted by molar-refractivity contribution is 7.91. The Morgan fingerprint density at radius 1 is 1.03 bits per heavy atom. The average Bonchev–Trinajstić information content (AvgIpc) is 3.34. The third kappa shape index (κ3) is 4.68. The first-order valence-corrected chi connectivity index (χ1v) is 11.3. The van der Waals surface area contributed by atoms with E-state index in [0.29, 0.717) is 17.8 Å². The summed E-state index contributed by atoms with van der Waals surface area (Å²) in [5, 5.41) is 9.58. The van der Waals surface area contributed by atoms with E-state index in [1.54, 1.807) is 78.9 Å². The van der Waals surface area contributed by atoms with E-state index in [4.69, 9.17) is 0 Å². The van der Waals surface area contributed by atoms with Gasteiger partial charge in [0.25, 0.3) is 0 Å². The molecule has 0 atom stereocenters. The number of benzene rings is 2. The molecule has 0 aliphatic heterocycles. The lowest BCUT2D eigenvalue weighted by Gasteiger charge is -2.11. The maximum Gasteiger partial charge on any atom is 0.319 e. The first kappa shape index (κ1) is 21.3. The zero-order chi connectivity index (χ0) is 22.6. The van der Waals surface area contributed by atoms with E-state index in [9.17, 15) is 13.2 Å². The number of carbonyl (C=O) groups excluding carboxylic acids is 1. The minimum absolute atomic E-state index is 0.147. The second kappa shape index (κ2) is 9.03. The number of pyridine rings is 1. The van der Waals surface area contributed by atoms with Gasteiger partial charge in [0, 0.05) is 37.0 Å². The van der Waals surface area contributed by atoms with Gasteiger partial charge in [0.15, 0.2) is 0 Å². The molecule has 0 radical (unpaired) electrons. The summed E-state index contributed by atoms with van der Waals surface area (Å²) < 4.78 is 27.9. The third-order valence-corrected chi connectivity index (χ3v) is 6.75. The van der Waals surface area contributed by atoms with Crippen molar-refractivity contribution in [1.82, 2.24) is 20.1 Å². The zero-order valence-corrected chi connectivity index (χ0v) is 18.1. The minimum atomic E-state index is -3.71. The topological polar surface area (TPSA) is 106 Å². The molecule has 2 aromatic carbocycles. The lowest BCUT2D eigenvalue weighted by atomic mass is 10.2. The number of rotatable bonds is 6. The largest absolute Gasteiger partial charge is 0.334 e. The van der Waals surface area contributed by atoms with E-state index in [2.05, 4.69) is 20.7 Å². The van der Waals surface area contributed by atoms with Gasteiger partial charge >= 0.3 is 6.03 Å². The van der Waals surface area contributed by atoms with Gasteiger partial charge in [-0.3, -0.25) is 4.98 Å². The molecule has 0 saturated carbocycles. The van der Waals surface area contributed by atoms with E-state index < -0.39 is 15.9 Å². The first-order chi connectivity index (χ1) is 15.4. The van der Waals surface area contributed by atoms with Gasteiger partial charge in [-0.25, -0.2) is 17.9 Å². The van der Waals surface area contributed by atoms with Gasteiger partial charge in [-0.15, -0.1) is 0 Å². The molecule has 2 amide bonds. The highest BCUT2D eigenvalue weighted by Gasteiger charge is 2.20. The Bertz CT molecular complexity index is 1320. The van der Waals surface area contributed by atoms with Gasteiger partial charge < -0.3 is 10.6 Å². The number of sulfone groups is 1. The Morgan fingerprint density at radius 2 is 1.84 bits per heavy atom. The number of aryl methyl sites for hydroxylation is 1. The number of hydrogen-bond acceptors (Lipinski definition) is 5. The molecule has 9 heteroatoms. The first-order valence-electron chi connectivity index (χ1n) is 9.83. The van der Waals surface area contributed by atoms with E-state index in [0.717, 1.165) is 11.3 Å². The summed E-state index contributed by atoms with van der Waals surface area (Å²) in [7, 11) is -3.71. The summed E-state index contributed by atoms with van der Waals surface area (Å²) in [4.78, 5) is 16.5. The molecule has 0 unspecified atom stereocenters. The number of aromatic nitrogens is 3. The lowest BCUT2D eigenvalue weighted by molar-refractivity contribution is 0.251. The summed E-state index contributed by atoms with van der Waals surface area (Å²) in [6.07, 6.45) is 6.79. The highest BCUT2D eigenvalue weighted by Crippen LogP contribution is 2.26. The molecule has 8 nitrogen and oxygen atoms in total. The number of nitrogens with zero attached hydrogens (tertiary/aromatic N) is 3. The molecule has 2 N–H and O–H groups in total. The number of amides is 2. The normalized spacial score (nSPS) is 11.2. The van der Waals surface area contributed by atoms with Crippen LogP contribution in [0.2, 0.25) is 0 Å². The molecule has 4 aromatic rings. The second-order valence-corrected chi connectivity index (χ2v) is 9.02. The molecular weight excluding hydrogens is 426 g/mol. The maximum atomic E-state index is 13.1. The van der Waals surface area contributed by atoms with Crippen LogP contribution in [0.15, 0.2) is 95.2 Å². The number of hydrogen-bond donors (Lipinski definition) is 2. The Balaban J connectivity index is 1.45. The number of urea groups is 1. The minimum Gasteiger partial charge on any atom is -0.334 e. The highest BCUT2D eigenvalue weighted by atomic mass is 32.2. The standard InChI is InChI=1S/C23H21N5O3S/c1-17-14-20(28-13-3-12-26-28)7-10-22(17)32(30,31)21-8-5-19(6-9-21)27-23(29)25-16-18-4-2-11-24-15-18/h2-15H,16H2,1H3,(H2,25,27,29). The van der Waals surface area contributed by atoms with Crippen molar-refractivity contribution >= 4 is 21.6 Å². The fourth-order valence-electron chi connectivity index (χ4n) is 3.20. The van der Waals surface area contributed by atoms with Crippen LogP contribution in [0.3, 0.4) is 0 Å². The quantitative estimate of drug-likeness (QED) is 0.468. The summed E-state index contributed by atoms with van der Waals surface area (Å²) >= 11 is 0. The maximum absolute atomic E-state index is 13.1. The van der Waals surface area contributed by atoms with Crippen molar-refractivity contribution in [3.63, 3.8) is 0 Å². The number of nitrogens with one attached hydrogen (secondary N) is 2. The van der Waals surface area contributed by atoms with E-state index >= 15 is 0 Å². The fourth-order valence-corrected chi connectivity index (χ4v) is 4.68. The molecule has 4 rings (SSSR count). The predicted octanol–water partition coefficient (Wildman–Crippen LogP) is 3.73. The van der Waals surface area contributed by atoms with E-state index in [1.807, 2.05) is 6.07 Å². The van der Waals surface area contributed by atoms with Crippen molar-refractivity contribution in [3.05, 3.63) is 96.6 Å². The van der Waals surface area contributed by atoms with Crippen LogP contribution < -0.4 is 10.6 Å². The van der Waals surface area contributed by atoms with Crippen LogP contribution in [-0.4, -0.2) is 29.2 Å². The Kier molecular flexibility index (Phi) is 6.00. The van der Waals surface area contributed by atoms with E-state index in [-0.39, 0.29) is 9.79 Å². The number of anilines is 1. The van der Waals surface area contributed by atoms with Gasteiger partial charge in [-0.05, 0) is 72.6 Å². The molecule has 0 bridgehead atoms. The Labute approximate surface area is 185 Å². The molecular formula is C23H21N5O3S. The fraction of sp³-hybridized carbons (Fsp3) is 0.0870. The Hall–Kier alpha value is -3.98. The predicted molar refractivity (Wildman–Crippen MR) is 120 cm³/mol. The molecule has 2 heterocycles. The third-order valence-electron chi connectivity index (χ3n) is 4.82. The van der Waals surface area contributed by atoms with Gasteiger partial charge in [0.1, 0.15) is 0 Å². The van der Waals surface area contributed by atoms with Crippen LogP contribution in [-0.2, 0) is 16.4 Å². The molecule has 2 aromatic heterocycles. The summed E-state index contributed by atoms with van der Waals surface area (Å²) in [6, 6.07) is 16.2. The molecule has 32 heavy (non-hydrogen) atoms. The average molecular weight is 448 g/mol. The van der Waals surface area contributed by atoms with Crippen molar-refractivity contribution in [2.24, 2.45) is 0 Å². The molecule has 0 saturated heterocycles. The van der Waals surface area contributed by atoms with Crippen molar-refractivity contribution < 1.29 is 13.2 Å². The van der Waals surface area contributed by atoms with Crippen molar-refractivity contribution in [3.8, 4) is 5.69 Å². The Morgan fingerprint density at radius 3 is 2.50 bits per heavy atom. The van der Waals surface area contributed by atoms with Gasteiger partial charge in [-0.1, -0.05) is 6.07 Å². The van der Waals surface area contributed by atoms with Gasteiger partial charge in [0.2, 0.25) is 9.84 Å². The molecule has 0 aliphatic carbocycles. The van der Waals surface area contributed by atoms with Gasteiger partial charge in [-0.2, -0.15) is 5.10 Å². The smallest absolute Gasteiger partial charge is 0.319 e. The van der Waals surface area contributed by atoms with Crippen molar-refractivity contribution in [1.29, 1.82) is 0 Å². The lowest BCUT2D eigenvalue weighted by Crippen LogP contribution is -2.28. The van der Waals surface area contributed by atoms with Crippen LogP contribution in [0.4, 0.5) is 10.5 Å². The SMILES string of the molecule is Cc1cc(-n2cccn2)ccc1S(=O)(=O)c1ccc(NC(=O)NCc2cccnc2)cc1. The zero-order valence-electron chi connectivity index (χ0n) is 17.3. The van der Waals surface area contributed by atoms with Crippen LogP contribution in [0.5, 0.6) is 0 Å². The van der Waals surface area contributed by atoms with Crippen molar-refractivity contribution in [2.45, 2.75) is 23.3 Å². The monoisotopic (exact) mass is 447 g/mol. The van der Waals surface area contributed by atoms with E-state index in [1.165, 1.54) is 12.1 Å². The molecule has 0 fully saturated rings. The molecule has 0 aliphatic rings. The summed E-state index contributed by atoms with van der Waals surface area (Å²) in [5.74, 6) is 0. The molecule has 162 valence electrons.